The number of aliphatic carboxylic acids is 1. The first-order chi connectivity index (χ1) is 7.86. The Morgan fingerprint density at radius 3 is 2.53 bits per heavy atom. The van der Waals surface area contributed by atoms with Crippen molar-refractivity contribution in [1.29, 1.82) is 0 Å². The van der Waals surface area contributed by atoms with Crippen molar-refractivity contribution in [1.82, 2.24) is 4.90 Å². The molecule has 17 heavy (non-hydrogen) atoms. The summed E-state index contributed by atoms with van der Waals surface area (Å²) in [5.41, 5.74) is 1.08. The normalized spacial score (nSPS) is 12.0. The van der Waals surface area contributed by atoms with Crippen LogP contribution < -0.4 is 0 Å². The fourth-order valence-electron chi connectivity index (χ4n) is 1.37. The number of halogens is 1. The number of hydrogen-bond acceptors (Lipinski definition) is 2. The quantitative estimate of drug-likeness (QED) is 0.901. The summed E-state index contributed by atoms with van der Waals surface area (Å²) in [6.45, 7) is 3.19. The summed E-state index contributed by atoms with van der Waals surface area (Å²) in [4.78, 5) is 24.1. The Morgan fingerprint density at radius 2 is 2.00 bits per heavy atom. The van der Waals surface area contributed by atoms with Gasteiger partial charge in [0.25, 0.3) is 5.91 Å². The second kappa shape index (κ2) is 5.19. The van der Waals surface area contributed by atoms with E-state index in [4.69, 9.17) is 16.7 Å². The van der Waals surface area contributed by atoms with Gasteiger partial charge in [-0.3, -0.25) is 4.79 Å². The van der Waals surface area contributed by atoms with E-state index < -0.39 is 12.0 Å². The van der Waals surface area contributed by atoms with Crippen LogP contribution in [-0.4, -0.2) is 35.0 Å². The molecule has 4 nitrogen and oxygen atoms in total. The predicted octanol–water partition coefficient (Wildman–Crippen LogP) is 2.19. The first kappa shape index (κ1) is 13.5. The van der Waals surface area contributed by atoms with Crippen molar-refractivity contribution >= 4 is 23.5 Å². The number of nitrogens with zero attached hydrogens (tertiary/aromatic N) is 1. The Hall–Kier alpha value is -1.55. The van der Waals surface area contributed by atoms with Crippen molar-refractivity contribution in [2.24, 2.45) is 0 Å². The third-order valence-corrected chi connectivity index (χ3v) is 3.17. The zero-order valence-electron chi connectivity index (χ0n) is 9.90. The molecule has 1 aromatic rings. The van der Waals surface area contributed by atoms with E-state index in [1.165, 1.54) is 18.9 Å². The van der Waals surface area contributed by atoms with Crippen LogP contribution in [0, 0.1) is 6.92 Å². The van der Waals surface area contributed by atoms with Crippen LogP contribution in [0.25, 0.3) is 0 Å². The molecule has 1 amide bonds. The van der Waals surface area contributed by atoms with Crippen LogP contribution in [0.2, 0.25) is 5.02 Å². The summed E-state index contributed by atoms with van der Waals surface area (Å²) in [6, 6.07) is 4.12. The maximum Gasteiger partial charge on any atom is 0.326 e. The van der Waals surface area contributed by atoms with Gasteiger partial charge in [0, 0.05) is 17.6 Å². The first-order valence-corrected chi connectivity index (χ1v) is 5.49. The molecule has 1 unspecified atom stereocenters. The van der Waals surface area contributed by atoms with Crippen LogP contribution in [0.1, 0.15) is 22.8 Å². The molecule has 0 fully saturated rings. The molecule has 0 radical (unpaired) electrons. The van der Waals surface area contributed by atoms with E-state index in [0.29, 0.717) is 16.1 Å². The van der Waals surface area contributed by atoms with Crippen molar-refractivity contribution < 1.29 is 14.7 Å². The standard InChI is InChI=1S/C12H14ClNO3/c1-7-9(5-4-6-10(7)13)11(15)14(3)8(2)12(16)17/h4-6,8H,1-3H3,(H,16,17). The van der Waals surface area contributed by atoms with Crippen molar-refractivity contribution in [2.75, 3.05) is 7.05 Å². The molecule has 0 bridgehead atoms. The summed E-state index contributed by atoms with van der Waals surface area (Å²) in [6.07, 6.45) is 0. The predicted molar refractivity (Wildman–Crippen MR) is 65.4 cm³/mol. The van der Waals surface area contributed by atoms with Gasteiger partial charge < -0.3 is 10.0 Å². The molecule has 0 aliphatic heterocycles. The lowest BCUT2D eigenvalue weighted by Crippen LogP contribution is -2.40. The Bertz CT molecular complexity index is 459. The number of amides is 1. The van der Waals surface area contributed by atoms with E-state index >= 15 is 0 Å². The van der Waals surface area contributed by atoms with Crippen LogP contribution in [0.4, 0.5) is 0 Å². The number of benzene rings is 1. The largest absolute Gasteiger partial charge is 0.480 e. The molecule has 1 aromatic carbocycles. The number of carboxylic acid groups (broad SMARTS) is 1. The maximum absolute atomic E-state index is 12.1. The summed E-state index contributed by atoms with van der Waals surface area (Å²) in [5, 5.41) is 9.34. The van der Waals surface area contributed by atoms with Crippen molar-refractivity contribution in [3.05, 3.63) is 34.3 Å². The third kappa shape index (κ3) is 2.77. The molecule has 0 aliphatic rings. The molecule has 1 N–H and O–H groups in total. The Morgan fingerprint density at radius 1 is 1.41 bits per heavy atom. The van der Waals surface area contributed by atoms with E-state index in [-0.39, 0.29) is 5.91 Å². The molecule has 5 heteroatoms. The third-order valence-electron chi connectivity index (χ3n) is 2.76. The summed E-state index contributed by atoms with van der Waals surface area (Å²) in [7, 11) is 1.46. The Balaban J connectivity index is 3.05. The highest BCUT2D eigenvalue weighted by atomic mass is 35.5. The smallest absolute Gasteiger partial charge is 0.326 e. The lowest BCUT2D eigenvalue weighted by molar-refractivity contribution is -0.141. The van der Waals surface area contributed by atoms with Crippen LogP contribution >= 0.6 is 11.6 Å². The van der Waals surface area contributed by atoms with E-state index in [1.807, 2.05) is 0 Å². The summed E-state index contributed by atoms with van der Waals surface area (Å²) >= 11 is 5.92. The van der Waals surface area contributed by atoms with Gasteiger partial charge in [0.2, 0.25) is 0 Å². The molecule has 0 aliphatic carbocycles. The fraction of sp³-hybridized carbons (Fsp3) is 0.333. The van der Waals surface area contributed by atoms with Crippen LogP contribution in [0.3, 0.4) is 0 Å². The van der Waals surface area contributed by atoms with Gasteiger partial charge in [-0.25, -0.2) is 4.79 Å². The molecule has 0 saturated carbocycles. The van der Waals surface area contributed by atoms with Gasteiger partial charge in [-0.15, -0.1) is 0 Å². The van der Waals surface area contributed by atoms with E-state index in [2.05, 4.69) is 0 Å². The van der Waals surface area contributed by atoms with Gasteiger partial charge in [-0.05, 0) is 31.5 Å². The summed E-state index contributed by atoms with van der Waals surface area (Å²) in [5.74, 6) is -1.39. The Kier molecular flexibility index (Phi) is 4.12. The highest BCUT2D eigenvalue weighted by Gasteiger charge is 2.24. The average molecular weight is 256 g/mol. The number of carbonyl (C=O) groups excluding carboxylic acids is 1. The zero-order valence-corrected chi connectivity index (χ0v) is 10.7. The molecule has 1 rings (SSSR count). The van der Waals surface area contributed by atoms with Crippen molar-refractivity contribution in [3.8, 4) is 0 Å². The van der Waals surface area contributed by atoms with Crippen LogP contribution in [0.5, 0.6) is 0 Å². The van der Waals surface area contributed by atoms with Crippen LogP contribution in [0.15, 0.2) is 18.2 Å². The van der Waals surface area contributed by atoms with Gasteiger partial charge >= 0.3 is 5.97 Å². The van der Waals surface area contributed by atoms with Crippen LogP contribution in [-0.2, 0) is 4.79 Å². The van der Waals surface area contributed by atoms with Gasteiger partial charge in [-0.2, -0.15) is 0 Å². The monoisotopic (exact) mass is 255 g/mol. The number of hydrogen-bond donors (Lipinski definition) is 1. The van der Waals surface area contributed by atoms with E-state index in [9.17, 15) is 9.59 Å². The second-order valence-electron chi connectivity index (χ2n) is 3.84. The SMILES string of the molecule is Cc1c(Cl)cccc1C(=O)N(C)C(C)C(=O)O. The lowest BCUT2D eigenvalue weighted by Gasteiger charge is -2.22. The number of carbonyl (C=O) groups is 2. The van der Waals surface area contributed by atoms with Gasteiger partial charge in [0.1, 0.15) is 6.04 Å². The highest BCUT2D eigenvalue weighted by molar-refractivity contribution is 6.31. The van der Waals surface area contributed by atoms with Gasteiger partial charge in [0.05, 0.1) is 0 Å². The average Bonchev–Trinajstić information content (AvgIpc) is 2.29. The Labute approximate surface area is 105 Å². The first-order valence-electron chi connectivity index (χ1n) is 5.11. The molecule has 0 saturated heterocycles. The molecule has 1 atom stereocenters. The molecule has 92 valence electrons. The zero-order chi connectivity index (χ0) is 13.2. The van der Waals surface area contributed by atoms with Gasteiger partial charge in [0.15, 0.2) is 0 Å². The fourth-order valence-corrected chi connectivity index (χ4v) is 1.55. The minimum atomic E-state index is -1.04. The summed E-state index contributed by atoms with van der Waals surface area (Å²) < 4.78 is 0. The molecular formula is C12H14ClNO3. The van der Waals surface area contributed by atoms with Crippen molar-refractivity contribution in [3.63, 3.8) is 0 Å². The van der Waals surface area contributed by atoms with Crippen molar-refractivity contribution in [2.45, 2.75) is 19.9 Å². The molecule has 0 spiro atoms. The topological polar surface area (TPSA) is 57.6 Å². The number of carboxylic acids is 1. The van der Waals surface area contributed by atoms with Gasteiger partial charge in [-0.1, -0.05) is 17.7 Å². The minimum Gasteiger partial charge on any atom is -0.480 e. The highest BCUT2D eigenvalue weighted by Crippen LogP contribution is 2.20. The second-order valence-corrected chi connectivity index (χ2v) is 4.25. The minimum absolute atomic E-state index is 0.347. The molecular weight excluding hydrogens is 242 g/mol. The van der Waals surface area contributed by atoms with E-state index in [1.54, 1.807) is 25.1 Å². The molecule has 0 aromatic heterocycles. The maximum atomic E-state index is 12.1. The number of likely N-dealkylation sites (N-methyl/N-ethyl adjacent to an activating group) is 1. The molecule has 0 heterocycles. The van der Waals surface area contributed by atoms with E-state index in [0.717, 1.165) is 0 Å². The number of rotatable bonds is 3. The lowest BCUT2D eigenvalue weighted by atomic mass is 10.1.